The third kappa shape index (κ3) is 3.27. The highest BCUT2D eigenvalue weighted by molar-refractivity contribution is 5.57. The molecule has 3 nitrogen and oxygen atoms in total. The molecule has 1 radical (unpaired) electrons. The lowest BCUT2D eigenvalue weighted by Crippen LogP contribution is -1.99. The van der Waals surface area contributed by atoms with Crippen LogP contribution in [0.3, 0.4) is 0 Å². The lowest BCUT2D eigenvalue weighted by Gasteiger charge is -2.11. The first-order valence-electron chi connectivity index (χ1n) is 5.05. The van der Waals surface area contributed by atoms with Gasteiger partial charge in [-0.15, -0.1) is 0 Å². The maximum absolute atomic E-state index is 10.3. The smallest absolute Gasteiger partial charge is 0.203 e. The Kier molecular flexibility index (Phi) is 4.68. The van der Waals surface area contributed by atoms with Gasteiger partial charge in [-0.05, 0) is 31.5 Å². The Hall–Kier alpha value is -1.51. The van der Waals surface area contributed by atoms with E-state index < -0.39 is 0 Å². The molecule has 0 atom stereocenters. The van der Waals surface area contributed by atoms with E-state index in [4.69, 9.17) is 9.47 Å². The van der Waals surface area contributed by atoms with Gasteiger partial charge in [0.05, 0.1) is 13.2 Å². The molecule has 1 rings (SSSR count). The zero-order valence-electron chi connectivity index (χ0n) is 9.08. The average Bonchev–Trinajstić information content (AvgIpc) is 2.23. The minimum absolute atomic E-state index is 0.284. The van der Waals surface area contributed by atoms with Gasteiger partial charge in [0.1, 0.15) is 0 Å². The molecule has 0 amide bonds. The summed E-state index contributed by atoms with van der Waals surface area (Å²) in [5.41, 5.74) is 0.886. The summed E-state index contributed by atoms with van der Waals surface area (Å²) in [5, 5.41) is 0. The zero-order chi connectivity index (χ0) is 11.1. The van der Waals surface area contributed by atoms with Gasteiger partial charge in [-0.25, -0.2) is 0 Å². The van der Waals surface area contributed by atoms with Crippen LogP contribution in [0.2, 0.25) is 0 Å². The van der Waals surface area contributed by atoms with Crippen LogP contribution < -0.4 is 9.47 Å². The molecule has 1 aromatic rings. The monoisotopic (exact) mass is 207 g/mol. The quantitative estimate of drug-likeness (QED) is 0.717. The van der Waals surface area contributed by atoms with Gasteiger partial charge in [-0.2, -0.15) is 0 Å². The number of hydrogen-bond acceptors (Lipinski definition) is 3. The van der Waals surface area contributed by atoms with Crippen molar-refractivity contribution in [1.82, 2.24) is 0 Å². The van der Waals surface area contributed by atoms with E-state index in [1.54, 1.807) is 0 Å². The van der Waals surface area contributed by atoms with E-state index in [2.05, 4.69) is 0 Å². The Labute approximate surface area is 90.0 Å². The molecule has 0 bridgehead atoms. The summed E-state index contributed by atoms with van der Waals surface area (Å²) < 4.78 is 10.8. The van der Waals surface area contributed by atoms with Crippen LogP contribution in [0.1, 0.15) is 19.4 Å². The predicted octanol–water partition coefficient (Wildman–Crippen LogP) is 2.14. The number of benzene rings is 1. The molecule has 15 heavy (non-hydrogen) atoms. The van der Waals surface area contributed by atoms with E-state index in [-0.39, 0.29) is 6.42 Å². The Bertz CT molecular complexity index is 321. The molecule has 0 heterocycles. The van der Waals surface area contributed by atoms with Crippen molar-refractivity contribution in [2.24, 2.45) is 0 Å². The van der Waals surface area contributed by atoms with Crippen LogP contribution in [-0.4, -0.2) is 19.5 Å². The Morgan fingerprint density at radius 3 is 2.40 bits per heavy atom. The van der Waals surface area contributed by atoms with Crippen molar-refractivity contribution >= 4 is 6.29 Å². The Balaban J connectivity index is 2.91. The van der Waals surface area contributed by atoms with Gasteiger partial charge >= 0.3 is 0 Å². The van der Waals surface area contributed by atoms with Gasteiger partial charge in [-0.3, -0.25) is 4.79 Å². The summed E-state index contributed by atoms with van der Waals surface area (Å²) in [4.78, 5) is 10.3. The van der Waals surface area contributed by atoms with Crippen LogP contribution in [0.5, 0.6) is 11.5 Å². The highest BCUT2D eigenvalue weighted by atomic mass is 16.5. The summed E-state index contributed by atoms with van der Waals surface area (Å²) in [7, 11) is 0. The minimum atomic E-state index is 0.284. The van der Waals surface area contributed by atoms with Gasteiger partial charge in [0, 0.05) is 6.42 Å². The van der Waals surface area contributed by atoms with Gasteiger partial charge < -0.3 is 9.47 Å². The van der Waals surface area contributed by atoms with E-state index in [0.29, 0.717) is 24.7 Å². The maximum Gasteiger partial charge on any atom is 0.203 e. The van der Waals surface area contributed by atoms with Gasteiger partial charge in [0.15, 0.2) is 11.5 Å². The average molecular weight is 207 g/mol. The van der Waals surface area contributed by atoms with Crippen molar-refractivity contribution < 1.29 is 14.3 Å². The van der Waals surface area contributed by atoms with Gasteiger partial charge in [0.2, 0.25) is 6.29 Å². The first-order valence-corrected chi connectivity index (χ1v) is 5.05. The molecule has 0 aliphatic carbocycles. The summed E-state index contributed by atoms with van der Waals surface area (Å²) in [6, 6.07) is 5.49. The van der Waals surface area contributed by atoms with Crippen molar-refractivity contribution in [3.05, 3.63) is 23.8 Å². The molecule has 0 saturated heterocycles. The third-order valence-corrected chi connectivity index (χ3v) is 1.88. The fourth-order valence-corrected chi connectivity index (χ4v) is 1.29. The van der Waals surface area contributed by atoms with Crippen LogP contribution in [0, 0.1) is 0 Å². The van der Waals surface area contributed by atoms with E-state index in [1.807, 2.05) is 38.3 Å². The summed E-state index contributed by atoms with van der Waals surface area (Å²) in [5.74, 6) is 1.40. The third-order valence-electron chi connectivity index (χ3n) is 1.88. The molecular formula is C12H15O3. The first kappa shape index (κ1) is 11.6. The number of hydrogen-bond donors (Lipinski definition) is 0. The van der Waals surface area contributed by atoms with Crippen LogP contribution in [-0.2, 0) is 11.2 Å². The Morgan fingerprint density at radius 2 is 1.80 bits per heavy atom. The molecule has 0 saturated carbocycles. The van der Waals surface area contributed by atoms with Gasteiger partial charge in [0.25, 0.3) is 0 Å². The summed E-state index contributed by atoms with van der Waals surface area (Å²) in [6.45, 7) is 5.00. The van der Waals surface area contributed by atoms with Crippen molar-refractivity contribution in [2.45, 2.75) is 20.3 Å². The van der Waals surface area contributed by atoms with Crippen molar-refractivity contribution in [2.75, 3.05) is 13.2 Å². The van der Waals surface area contributed by atoms with Crippen molar-refractivity contribution in [1.29, 1.82) is 0 Å². The van der Waals surface area contributed by atoms with Crippen LogP contribution in [0.15, 0.2) is 18.2 Å². The zero-order valence-corrected chi connectivity index (χ0v) is 9.08. The van der Waals surface area contributed by atoms with E-state index in [1.165, 1.54) is 0 Å². The SMILES string of the molecule is CCOc1ccc(C[C]=O)cc1OCC. The second-order valence-corrected chi connectivity index (χ2v) is 2.97. The highest BCUT2D eigenvalue weighted by Crippen LogP contribution is 2.28. The maximum atomic E-state index is 10.3. The molecule has 1 aromatic carbocycles. The normalized spacial score (nSPS) is 9.73. The second kappa shape index (κ2) is 6.06. The molecule has 0 spiro atoms. The fraction of sp³-hybridized carbons (Fsp3) is 0.417. The second-order valence-electron chi connectivity index (χ2n) is 2.97. The van der Waals surface area contributed by atoms with Crippen LogP contribution >= 0.6 is 0 Å². The Morgan fingerprint density at radius 1 is 1.13 bits per heavy atom. The molecule has 0 fully saturated rings. The van der Waals surface area contributed by atoms with Crippen LogP contribution in [0.25, 0.3) is 0 Å². The predicted molar refractivity (Wildman–Crippen MR) is 58.2 cm³/mol. The summed E-state index contributed by atoms with van der Waals surface area (Å²) in [6.07, 6.45) is 2.14. The van der Waals surface area contributed by atoms with E-state index >= 15 is 0 Å². The molecule has 0 aliphatic rings. The number of carbonyl (C=O) groups excluding carboxylic acids is 1. The lowest BCUT2D eigenvalue weighted by atomic mass is 10.1. The molecule has 0 aliphatic heterocycles. The lowest BCUT2D eigenvalue weighted by molar-refractivity contribution is 0.287. The van der Waals surface area contributed by atoms with E-state index in [9.17, 15) is 4.79 Å². The molecule has 0 unspecified atom stereocenters. The molecule has 81 valence electrons. The summed E-state index contributed by atoms with van der Waals surface area (Å²) >= 11 is 0. The van der Waals surface area contributed by atoms with E-state index in [0.717, 1.165) is 5.56 Å². The minimum Gasteiger partial charge on any atom is -0.490 e. The molecule has 0 N–H and O–H groups in total. The number of ether oxygens (including phenoxy) is 2. The number of rotatable bonds is 6. The van der Waals surface area contributed by atoms with Gasteiger partial charge in [-0.1, -0.05) is 6.07 Å². The van der Waals surface area contributed by atoms with Crippen molar-refractivity contribution in [3.63, 3.8) is 0 Å². The molecule has 3 heteroatoms. The highest BCUT2D eigenvalue weighted by Gasteiger charge is 2.05. The standard InChI is InChI=1S/C12H15O3/c1-3-14-11-6-5-10(7-8-13)9-12(11)15-4-2/h5-6,9H,3-4,7H2,1-2H3. The fourth-order valence-electron chi connectivity index (χ4n) is 1.29. The van der Waals surface area contributed by atoms with Crippen LogP contribution in [0.4, 0.5) is 0 Å². The topological polar surface area (TPSA) is 35.5 Å². The molecule has 0 aromatic heterocycles. The largest absolute Gasteiger partial charge is 0.490 e. The first-order chi connectivity index (χ1) is 7.31. The van der Waals surface area contributed by atoms with Crippen molar-refractivity contribution in [3.8, 4) is 11.5 Å². The molecular weight excluding hydrogens is 192 g/mol.